The molecule has 0 aliphatic carbocycles. The molecule has 0 amide bonds. The summed E-state index contributed by atoms with van der Waals surface area (Å²) < 4.78 is 10.2. The third kappa shape index (κ3) is 7.11. The highest BCUT2D eigenvalue weighted by atomic mass is 16.5. The van der Waals surface area contributed by atoms with Gasteiger partial charge >= 0.3 is 5.97 Å². The standard InChI is InChI=1S/C11H20O4/c1-9(2)10(13)15-8-11(3,4)7-14-6-5-12/h12H,1,5-8H2,2-4H3. The highest BCUT2D eigenvalue weighted by molar-refractivity contribution is 5.86. The molecule has 0 spiro atoms. The minimum Gasteiger partial charge on any atom is -0.462 e. The Morgan fingerprint density at radius 2 is 2.00 bits per heavy atom. The second-order valence-corrected chi connectivity index (χ2v) is 4.30. The zero-order chi connectivity index (χ0) is 11.9. The summed E-state index contributed by atoms with van der Waals surface area (Å²) in [5, 5.41) is 8.53. The fourth-order valence-electron chi connectivity index (χ4n) is 0.839. The van der Waals surface area contributed by atoms with Gasteiger partial charge < -0.3 is 14.6 Å². The number of carbonyl (C=O) groups is 1. The zero-order valence-corrected chi connectivity index (χ0v) is 9.71. The molecule has 0 aliphatic heterocycles. The van der Waals surface area contributed by atoms with Gasteiger partial charge in [0, 0.05) is 11.0 Å². The molecular weight excluding hydrogens is 196 g/mol. The minimum atomic E-state index is -0.384. The molecule has 0 aromatic heterocycles. The molecule has 0 aliphatic rings. The summed E-state index contributed by atoms with van der Waals surface area (Å²) >= 11 is 0. The number of esters is 1. The van der Waals surface area contributed by atoms with E-state index in [-0.39, 0.29) is 24.6 Å². The van der Waals surface area contributed by atoms with Crippen LogP contribution < -0.4 is 0 Å². The van der Waals surface area contributed by atoms with Crippen molar-refractivity contribution in [2.45, 2.75) is 20.8 Å². The minimum absolute atomic E-state index is 0.00162. The van der Waals surface area contributed by atoms with Gasteiger partial charge in [-0.25, -0.2) is 4.79 Å². The molecule has 0 bridgehead atoms. The van der Waals surface area contributed by atoms with E-state index in [0.717, 1.165) is 0 Å². The topological polar surface area (TPSA) is 55.8 Å². The van der Waals surface area contributed by atoms with E-state index in [1.807, 2.05) is 13.8 Å². The normalized spacial score (nSPS) is 11.2. The molecule has 0 atom stereocenters. The van der Waals surface area contributed by atoms with Gasteiger partial charge in [-0.2, -0.15) is 0 Å². The van der Waals surface area contributed by atoms with Crippen LogP contribution in [0.1, 0.15) is 20.8 Å². The van der Waals surface area contributed by atoms with Crippen LogP contribution in [0, 0.1) is 5.41 Å². The molecule has 4 nitrogen and oxygen atoms in total. The van der Waals surface area contributed by atoms with Crippen LogP contribution in [0.3, 0.4) is 0 Å². The van der Waals surface area contributed by atoms with E-state index < -0.39 is 0 Å². The maximum Gasteiger partial charge on any atom is 0.333 e. The summed E-state index contributed by atoms with van der Waals surface area (Å²) in [5.41, 5.74) is 0.141. The van der Waals surface area contributed by atoms with Crippen molar-refractivity contribution in [2.75, 3.05) is 26.4 Å². The first-order valence-corrected chi connectivity index (χ1v) is 4.90. The second-order valence-electron chi connectivity index (χ2n) is 4.30. The number of aliphatic hydroxyl groups is 1. The van der Waals surface area contributed by atoms with Crippen LogP contribution in [0.15, 0.2) is 12.2 Å². The Kier molecular flexibility index (Phi) is 6.20. The summed E-state index contributed by atoms with van der Waals surface area (Å²) in [6.45, 7) is 9.98. The van der Waals surface area contributed by atoms with Crippen molar-refractivity contribution in [2.24, 2.45) is 5.41 Å². The smallest absolute Gasteiger partial charge is 0.333 e. The predicted octanol–water partition coefficient (Wildman–Crippen LogP) is 1.14. The summed E-state index contributed by atoms with van der Waals surface area (Å²) in [4.78, 5) is 11.1. The molecule has 88 valence electrons. The molecule has 0 radical (unpaired) electrons. The fraction of sp³-hybridized carbons (Fsp3) is 0.727. The van der Waals surface area contributed by atoms with Gasteiger partial charge in [0.25, 0.3) is 0 Å². The van der Waals surface area contributed by atoms with E-state index in [0.29, 0.717) is 18.8 Å². The molecule has 0 unspecified atom stereocenters. The van der Waals surface area contributed by atoms with Crippen LogP contribution in [-0.4, -0.2) is 37.5 Å². The Balaban J connectivity index is 3.82. The lowest BCUT2D eigenvalue weighted by molar-refractivity contribution is -0.143. The Morgan fingerprint density at radius 3 is 2.47 bits per heavy atom. The monoisotopic (exact) mass is 216 g/mol. The van der Waals surface area contributed by atoms with Crippen LogP contribution in [-0.2, 0) is 14.3 Å². The lowest BCUT2D eigenvalue weighted by Gasteiger charge is -2.23. The highest BCUT2D eigenvalue weighted by Crippen LogP contribution is 2.16. The first-order valence-electron chi connectivity index (χ1n) is 4.90. The zero-order valence-electron chi connectivity index (χ0n) is 9.71. The molecule has 0 fully saturated rings. The van der Waals surface area contributed by atoms with E-state index >= 15 is 0 Å². The fourth-order valence-corrected chi connectivity index (χ4v) is 0.839. The van der Waals surface area contributed by atoms with Crippen LogP contribution in [0.5, 0.6) is 0 Å². The van der Waals surface area contributed by atoms with Gasteiger partial charge in [-0.15, -0.1) is 0 Å². The molecule has 4 heteroatoms. The molecule has 0 rings (SSSR count). The maximum absolute atomic E-state index is 11.1. The maximum atomic E-state index is 11.1. The number of carbonyl (C=O) groups excluding carboxylic acids is 1. The van der Waals surface area contributed by atoms with Gasteiger partial charge in [0.2, 0.25) is 0 Å². The van der Waals surface area contributed by atoms with Crippen molar-refractivity contribution in [3.8, 4) is 0 Å². The molecule has 15 heavy (non-hydrogen) atoms. The van der Waals surface area contributed by atoms with Gasteiger partial charge in [0.1, 0.15) is 0 Å². The predicted molar refractivity (Wildman–Crippen MR) is 57.5 cm³/mol. The molecule has 0 saturated carbocycles. The lowest BCUT2D eigenvalue weighted by Crippen LogP contribution is -2.27. The molecule has 0 heterocycles. The van der Waals surface area contributed by atoms with E-state index in [9.17, 15) is 4.79 Å². The third-order valence-corrected chi connectivity index (χ3v) is 1.67. The van der Waals surface area contributed by atoms with Crippen molar-refractivity contribution in [1.82, 2.24) is 0 Å². The Hall–Kier alpha value is -0.870. The van der Waals surface area contributed by atoms with Crippen molar-refractivity contribution < 1.29 is 19.4 Å². The van der Waals surface area contributed by atoms with Crippen molar-refractivity contribution >= 4 is 5.97 Å². The van der Waals surface area contributed by atoms with E-state index in [1.165, 1.54) is 0 Å². The Bertz CT molecular complexity index is 221. The van der Waals surface area contributed by atoms with Crippen molar-refractivity contribution in [3.63, 3.8) is 0 Å². The van der Waals surface area contributed by atoms with Crippen molar-refractivity contribution in [1.29, 1.82) is 0 Å². The molecular formula is C11H20O4. The van der Waals surface area contributed by atoms with E-state index in [1.54, 1.807) is 6.92 Å². The molecule has 0 aromatic carbocycles. The lowest BCUT2D eigenvalue weighted by atomic mass is 9.96. The number of hydrogen-bond acceptors (Lipinski definition) is 4. The summed E-state index contributed by atoms with van der Waals surface area (Å²) in [7, 11) is 0. The Labute approximate surface area is 90.9 Å². The van der Waals surface area contributed by atoms with Crippen LogP contribution in [0.25, 0.3) is 0 Å². The van der Waals surface area contributed by atoms with Gasteiger partial charge in [-0.05, 0) is 6.92 Å². The largest absolute Gasteiger partial charge is 0.462 e. The average molecular weight is 216 g/mol. The van der Waals surface area contributed by atoms with Gasteiger partial charge in [-0.3, -0.25) is 0 Å². The summed E-state index contributed by atoms with van der Waals surface area (Å²) in [6.07, 6.45) is 0. The van der Waals surface area contributed by atoms with Crippen molar-refractivity contribution in [3.05, 3.63) is 12.2 Å². The van der Waals surface area contributed by atoms with E-state index in [2.05, 4.69) is 6.58 Å². The Morgan fingerprint density at radius 1 is 1.40 bits per heavy atom. The third-order valence-electron chi connectivity index (χ3n) is 1.67. The number of ether oxygens (including phenoxy) is 2. The van der Waals surface area contributed by atoms with Gasteiger partial charge in [-0.1, -0.05) is 20.4 Å². The second kappa shape index (κ2) is 6.58. The molecule has 0 aromatic rings. The first-order chi connectivity index (χ1) is 6.89. The quantitative estimate of drug-likeness (QED) is 0.394. The van der Waals surface area contributed by atoms with Crippen LogP contribution in [0.4, 0.5) is 0 Å². The summed E-state index contributed by atoms with van der Waals surface area (Å²) in [6, 6.07) is 0. The number of rotatable bonds is 7. The molecule has 1 N–H and O–H groups in total. The number of hydrogen-bond donors (Lipinski definition) is 1. The average Bonchev–Trinajstić information content (AvgIpc) is 2.14. The van der Waals surface area contributed by atoms with E-state index in [4.69, 9.17) is 14.6 Å². The molecule has 0 saturated heterocycles. The SMILES string of the molecule is C=C(C)C(=O)OCC(C)(C)COCCO. The highest BCUT2D eigenvalue weighted by Gasteiger charge is 2.20. The van der Waals surface area contributed by atoms with Crippen LogP contribution in [0.2, 0.25) is 0 Å². The van der Waals surface area contributed by atoms with Crippen LogP contribution >= 0.6 is 0 Å². The van der Waals surface area contributed by atoms with Gasteiger partial charge in [0.15, 0.2) is 0 Å². The first kappa shape index (κ1) is 14.1. The number of aliphatic hydroxyl groups excluding tert-OH is 1. The van der Waals surface area contributed by atoms with Gasteiger partial charge in [0.05, 0.1) is 26.4 Å². The summed E-state index contributed by atoms with van der Waals surface area (Å²) in [5.74, 6) is -0.384.